The molecule has 0 unspecified atom stereocenters. The van der Waals surface area contributed by atoms with Crippen molar-refractivity contribution in [3.63, 3.8) is 0 Å². The Kier molecular flexibility index (Phi) is 9.60. The highest BCUT2D eigenvalue weighted by atomic mass is 19.1. The average Bonchev–Trinajstić information content (AvgIpc) is 3.42. The number of hydrogen-bond donors (Lipinski definition) is 2. The fourth-order valence-electron chi connectivity index (χ4n) is 6.13. The number of piperidine rings is 1. The molecule has 1 aromatic heterocycles. The van der Waals surface area contributed by atoms with Crippen LogP contribution in [0.3, 0.4) is 0 Å². The summed E-state index contributed by atoms with van der Waals surface area (Å²) in [4.78, 5) is 41.4. The van der Waals surface area contributed by atoms with E-state index in [-0.39, 0.29) is 43.7 Å². The van der Waals surface area contributed by atoms with Crippen LogP contribution < -0.4 is 24.8 Å². The van der Waals surface area contributed by atoms with Crippen LogP contribution in [0.2, 0.25) is 0 Å². The van der Waals surface area contributed by atoms with Crippen molar-refractivity contribution in [1.82, 2.24) is 25.3 Å². The molecular weight excluding hydrogens is 617 g/mol. The monoisotopic (exact) mass is 655 g/mol. The van der Waals surface area contributed by atoms with Crippen LogP contribution >= 0.6 is 0 Å². The molecule has 2 N–H and O–H groups in total. The van der Waals surface area contributed by atoms with E-state index < -0.39 is 23.9 Å². The van der Waals surface area contributed by atoms with E-state index in [1.165, 1.54) is 19.2 Å². The summed E-state index contributed by atoms with van der Waals surface area (Å²) in [5.74, 6) is -0.261. The third kappa shape index (κ3) is 7.59. The number of likely N-dealkylation sites (tertiary alicyclic amines) is 1. The molecule has 2 aliphatic rings. The molecule has 3 aromatic carbocycles. The minimum Gasteiger partial charge on any atom is -0.493 e. The first-order chi connectivity index (χ1) is 23.1. The summed E-state index contributed by atoms with van der Waals surface area (Å²) < 4.78 is 34.1. The molecule has 4 bridgehead atoms. The highest BCUT2D eigenvalue weighted by Crippen LogP contribution is 2.29. The van der Waals surface area contributed by atoms with Gasteiger partial charge >= 0.3 is 0 Å². The molecule has 3 amide bonds. The van der Waals surface area contributed by atoms with Gasteiger partial charge in [0.2, 0.25) is 5.91 Å². The van der Waals surface area contributed by atoms with Gasteiger partial charge in [0.1, 0.15) is 17.7 Å². The van der Waals surface area contributed by atoms with Crippen molar-refractivity contribution in [1.29, 1.82) is 0 Å². The molecule has 250 valence electrons. The van der Waals surface area contributed by atoms with Crippen LogP contribution in [0, 0.1) is 19.7 Å². The van der Waals surface area contributed by atoms with Gasteiger partial charge in [0.15, 0.2) is 18.1 Å². The second-order valence-corrected chi connectivity index (χ2v) is 12.1. The predicted octanol–water partition coefficient (Wildman–Crippen LogP) is 4.06. The van der Waals surface area contributed by atoms with Crippen molar-refractivity contribution in [2.24, 2.45) is 0 Å². The molecule has 12 heteroatoms. The van der Waals surface area contributed by atoms with Gasteiger partial charge < -0.3 is 29.7 Å². The molecule has 11 nitrogen and oxygen atoms in total. The number of benzene rings is 3. The number of fused-ring (bicyclic) bond motifs is 5. The van der Waals surface area contributed by atoms with Crippen molar-refractivity contribution in [2.45, 2.75) is 51.8 Å². The standard InChI is InChI=1S/C36H38FN5O6/c1-22-13-23(2)42(40-22)28-6-4-5-26(17-28)36(45)41-12-11-31-30(20-41)39-35(44)21-47-33-16-24(7-9-32(33)46-3)8-10-34(43)38-19-25-14-27(37)18-29(15-25)48-31/h4-7,9,13-18,30-31H,8,10-12,19-21H2,1-3H3,(H,38,43)(H,39,44)/t30-,31-/m1/s1. The van der Waals surface area contributed by atoms with E-state index in [1.807, 2.05) is 38.1 Å². The van der Waals surface area contributed by atoms with Gasteiger partial charge in [-0.2, -0.15) is 5.10 Å². The van der Waals surface area contributed by atoms with Gasteiger partial charge in [0, 0.05) is 49.8 Å². The predicted molar refractivity (Wildman–Crippen MR) is 175 cm³/mol. The van der Waals surface area contributed by atoms with E-state index in [0.717, 1.165) is 22.6 Å². The molecule has 4 aromatic rings. The first kappa shape index (κ1) is 32.5. The first-order valence-electron chi connectivity index (χ1n) is 15.9. The normalized spacial score (nSPS) is 18.6. The minimum absolute atomic E-state index is 0.119. The van der Waals surface area contributed by atoms with Gasteiger partial charge in [-0.05, 0) is 79.9 Å². The van der Waals surface area contributed by atoms with E-state index in [1.54, 1.807) is 39.9 Å². The number of hydrogen-bond acceptors (Lipinski definition) is 7. The maximum Gasteiger partial charge on any atom is 0.258 e. The average molecular weight is 656 g/mol. The second kappa shape index (κ2) is 14.2. The van der Waals surface area contributed by atoms with Gasteiger partial charge in [0.05, 0.1) is 24.5 Å². The molecule has 1 fully saturated rings. The van der Waals surface area contributed by atoms with E-state index in [9.17, 15) is 18.8 Å². The molecular formula is C36H38FN5O6. The molecule has 0 radical (unpaired) electrons. The van der Waals surface area contributed by atoms with Gasteiger partial charge in [-0.3, -0.25) is 14.4 Å². The number of amides is 3. The number of nitrogens with one attached hydrogen (secondary N) is 2. The van der Waals surface area contributed by atoms with Gasteiger partial charge in [0.25, 0.3) is 11.8 Å². The topological polar surface area (TPSA) is 124 Å². The molecule has 48 heavy (non-hydrogen) atoms. The third-order valence-electron chi connectivity index (χ3n) is 8.47. The lowest BCUT2D eigenvalue weighted by Gasteiger charge is -2.39. The summed E-state index contributed by atoms with van der Waals surface area (Å²) in [6.07, 6.45) is 0.414. The van der Waals surface area contributed by atoms with Crippen molar-refractivity contribution in [3.05, 3.63) is 101 Å². The zero-order valence-electron chi connectivity index (χ0n) is 27.1. The molecule has 0 spiro atoms. The smallest absolute Gasteiger partial charge is 0.258 e. The van der Waals surface area contributed by atoms with Crippen LogP contribution in [0.4, 0.5) is 4.39 Å². The Balaban J connectivity index is 1.26. The van der Waals surface area contributed by atoms with Crippen LogP contribution in [-0.2, 0) is 22.6 Å². The number of ether oxygens (including phenoxy) is 3. The zero-order valence-corrected chi connectivity index (χ0v) is 27.1. The number of rotatable bonds is 3. The Bertz CT molecular complexity index is 1840. The Morgan fingerprint density at radius 3 is 2.65 bits per heavy atom. The lowest BCUT2D eigenvalue weighted by Crippen LogP contribution is -2.58. The fraction of sp³-hybridized carbons (Fsp3) is 0.333. The lowest BCUT2D eigenvalue weighted by atomic mass is 10.00. The summed E-state index contributed by atoms with van der Waals surface area (Å²) in [6, 6.07) is 18.2. The highest BCUT2D eigenvalue weighted by molar-refractivity contribution is 5.95. The largest absolute Gasteiger partial charge is 0.493 e. The number of methoxy groups -OCH3 is 1. The maximum absolute atomic E-state index is 14.7. The summed E-state index contributed by atoms with van der Waals surface area (Å²) in [5.41, 5.74) is 4.44. The number of aromatic nitrogens is 2. The third-order valence-corrected chi connectivity index (χ3v) is 8.47. The van der Waals surface area contributed by atoms with E-state index >= 15 is 0 Å². The number of carbonyl (C=O) groups is 3. The fourth-order valence-corrected chi connectivity index (χ4v) is 6.13. The Labute approximate surface area is 278 Å². The second-order valence-electron chi connectivity index (χ2n) is 12.1. The summed E-state index contributed by atoms with van der Waals surface area (Å²) in [7, 11) is 1.51. The van der Waals surface area contributed by atoms with Crippen LogP contribution in [0.5, 0.6) is 17.2 Å². The van der Waals surface area contributed by atoms with Crippen LogP contribution in [0.25, 0.3) is 5.69 Å². The van der Waals surface area contributed by atoms with Crippen molar-refractivity contribution < 1.29 is 33.0 Å². The van der Waals surface area contributed by atoms with Gasteiger partial charge in [-0.1, -0.05) is 12.1 Å². The molecule has 0 saturated carbocycles. The van der Waals surface area contributed by atoms with E-state index in [2.05, 4.69) is 15.7 Å². The molecule has 1 saturated heterocycles. The van der Waals surface area contributed by atoms with Crippen molar-refractivity contribution in [2.75, 3.05) is 26.8 Å². The first-order valence-corrected chi connectivity index (χ1v) is 15.9. The van der Waals surface area contributed by atoms with Crippen molar-refractivity contribution >= 4 is 17.7 Å². The summed E-state index contributed by atoms with van der Waals surface area (Å²) in [5, 5.41) is 10.4. The van der Waals surface area contributed by atoms with Crippen molar-refractivity contribution in [3.8, 4) is 22.9 Å². The Hall–Kier alpha value is -5.39. The molecule has 2 atom stereocenters. The SMILES string of the molecule is COc1ccc2cc1OCC(=O)N[C@@H]1CN(C(=O)c3cccc(-n4nc(C)cc4C)c3)CC[C@H]1Oc1cc(F)cc(c1)CNC(=O)CC2. The maximum atomic E-state index is 14.7. The quantitative estimate of drug-likeness (QED) is 0.341. The number of carbonyl (C=O) groups excluding carboxylic acids is 3. The van der Waals surface area contributed by atoms with E-state index in [4.69, 9.17) is 14.2 Å². The zero-order chi connectivity index (χ0) is 33.8. The number of aryl methyl sites for hydroxylation is 3. The summed E-state index contributed by atoms with van der Waals surface area (Å²) in [6.45, 7) is 4.16. The van der Waals surface area contributed by atoms with Crippen LogP contribution in [0.15, 0.2) is 66.7 Å². The highest BCUT2D eigenvalue weighted by Gasteiger charge is 2.35. The van der Waals surface area contributed by atoms with Crippen LogP contribution in [0.1, 0.15) is 45.7 Å². The Morgan fingerprint density at radius 1 is 1.00 bits per heavy atom. The van der Waals surface area contributed by atoms with Gasteiger partial charge in [-0.25, -0.2) is 9.07 Å². The minimum atomic E-state index is -0.642. The summed E-state index contributed by atoms with van der Waals surface area (Å²) >= 11 is 0. The number of nitrogens with zero attached hydrogens (tertiary/aromatic N) is 3. The number of halogens is 1. The lowest BCUT2D eigenvalue weighted by molar-refractivity contribution is -0.125. The molecule has 0 aliphatic carbocycles. The molecule has 3 heterocycles. The molecule has 6 rings (SSSR count). The van der Waals surface area contributed by atoms with Crippen LogP contribution in [-0.4, -0.2) is 71.4 Å². The van der Waals surface area contributed by atoms with Gasteiger partial charge in [-0.15, -0.1) is 0 Å². The Morgan fingerprint density at radius 2 is 1.85 bits per heavy atom. The van der Waals surface area contributed by atoms with E-state index in [0.29, 0.717) is 42.0 Å². The molecule has 2 aliphatic heterocycles.